The molecule has 1 amide bonds. The molecule has 1 N–H and O–H groups in total. The van der Waals surface area contributed by atoms with Gasteiger partial charge in [-0.3, -0.25) is 9.69 Å². The Labute approximate surface area is 148 Å². The summed E-state index contributed by atoms with van der Waals surface area (Å²) in [6.45, 7) is 0.784. The van der Waals surface area contributed by atoms with E-state index >= 15 is 0 Å². The molecule has 1 aromatic carbocycles. The number of nitrogens with one attached hydrogen (secondary N) is 1. The molecule has 0 aliphatic heterocycles. The average molecular weight is 362 g/mol. The maximum atomic E-state index is 12.1. The van der Waals surface area contributed by atoms with Crippen LogP contribution in [0.25, 0.3) is 10.6 Å². The molecule has 0 aliphatic carbocycles. The van der Waals surface area contributed by atoms with E-state index in [2.05, 4.69) is 10.5 Å². The van der Waals surface area contributed by atoms with Crippen LogP contribution in [0.5, 0.6) is 0 Å². The molecule has 0 fully saturated rings. The largest absolute Gasteiger partial charge is 0.355 e. The lowest BCUT2D eigenvalue weighted by Crippen LogP contribution is -2.29. The number of carbonyl (C=O) groups excluding carboxylic acids is 1. The number of rotatable bonds is 6. The maximum Gasteiger partial charge on any atom is 0.238 e. The van der Waals surface area contributed by atoms with Gasteiger partial charge in [0.05, 0.1) is 17.1 Å². The molecule has 0 saturated heterocycles. The van der Waals surface area contributed by atoms with E-state index < -0.39 is 0 Å². The number of likely N-dealkylation sites (N-methyl/N-ethyl adjacent to an activating group) is 1. The number of aromatic nitrogens is 1. The van der Waals surface area contributed by atoms with Crippen LogP contribution in [-0.2, 0) is 11.3 Å². The number of hydrogen-bond acceptors (Lipinski definition) is 5. The monoisotopic (exact) mass is 361 g/mol. The highest BCUT2D eigenvalue weighted by molar-refractivity contribution is 7.13. The molecule has 0 radical (unpaired) electrons. The highest BCUT2D eigenvalue weighted by Gasteiger charge is 2.12. The van der Waals surface area contributed by atoms with Crippen LogP contribution in [0.2, 0.25) is 5.02 Å². The van der Waals surface area contributed by atoms with Crippen molar-refractivity contribution in [1.29, 1.82) is 0 Å². The molecule has 124 valence electrons. The first-order valence-corrected chi connectivity index (χ1v) is 8.59. The van der Waals surface area contributed by atoms with Crippen LogP contribution in [0.4, 0.5) is 5.69 Å². The Hall–Kier alpha value is -2.15. The minimum atomic E-state index is -0.0956. The summed E-state index contributed by atoms with van der Waals surface area (Å²) in [6.07, 6.45) is 0. The molecular weight excluding hydrogens is 346 g/mol. The van der Waals surface area contributed by atoms with Crippen LogP contribution < -0.4 is 5.32 Å². The van der Waals surface area contributed by atoms with Gasteiger partial charge >= 0.3 is 0 Å². The topological polar surface area (TPSA) is 58.4 Å². The summed E-state index contributed by atoms with van der Waals surface area (Å²) >= 11 is 7.43. The first-order chi connectivity index (χ1) is 11.6. The predicted molar refractivity (Wildman–Crippen MR) is 96.2 cm³/mol. The normalized spacial score (nSPS) is 11.0. The van der Waals surface area contributed by atoms with Crippen LogP contribution >= 0.6 is 22.9 Å². The quantitative estimate of drug-likeness (QED) is 0.717. The Bertz CT molecular complexity index is 800. The van der Waals surface area contributed by atoms with Crippen molar-refractivity contribution in [1.82, 2.24) is 10.1 Å². The van der Waals surface area contributed by atoms with Gasteiger partial charge in [-0.25, -0.2) is 0 Å². The van der Waals surface area contributed by atoms with Crippen LogP contribution in [0.1, 0.15) is 5.69 Å². The molecule has 0 aliphatic rings. The standard InChI is InChI=1S/C17H16ClN3O2S/c1-21(11-17(22)19-13-6-4-12(18)5-7-13)10-14-9-15(23-20-14)16-3-2-8-24-16/h2-9H,10-11H2,1H3,(H,19,22). The number of thiophene rings is 1. The lowest BCUT2D eigenvalue weighted by Gasteiger charge is -2.14. The first-order valence-electron chi connectivity index (χ1n) is 7.33. The number of nitrogens with zero attached hydrogens (tertiary/aromatic N) is 2. The van der Waals surface area contributed by atoms with Crippen molar-refractivity contribution in [3.05, 3.63) is 58.6 Å². The van der Waals surface area contributed by atoms with Crippen molar-refractivity contribution in [3.8, 4) is 10.6 Å². The predicted octanol–water partition coefficient (Wildman–Crippen LogP) is 4.13. The second-order valence-electron chi connectivity index (χ2n) is 5.39. The van der Waals surface area contributed by atoms with E-state index in [1.54, 1.807) is 35.6 Å². The lowest BCUT2D eigenvalue weighted by atomic mass is 10.3. The molecule has 0 spiro atoms. The van der Waals surface area contributed by atoms with Crippen molar-refractivity contribution in [2.45, 2.75) is 6.54 Å². The van der Waals surface area contributed by atoms with E-state index in [9.17, 15) is 4.79 Å². The van der Waals surface area contributed by atoms with Crippen molar-refractivity contribution in [3.63, 3.8) is 0 Å². The number of benzene rings is 1. The number of amides is 1. The Morgan fingerprint density at radius 3 is 2.83 bits per heavy atom. The summed E-state index contributed by atoms with van der Waals surface area (Å²) in [6, 6.07) is 12.9. The highest BCUT2D eigenvalue weighted by atomic mass is 35.5. The molecule has 2 heterocycles. The van der Waals surface area contributed by atoms with Gasteiger partial charge in [-0.05, 0) is 42.8 Å². The smallest absolute Gasteiger partial charge is 0.238 e. The summed E-state index contributed by atoms with van der Waals surface area (Å²) in [5, 5.41) is 9.52. The van der Waals surface area contributed by atoms with E-state index in [0.29, 0.717) is 11.6 Å². The molecular formula is C17H16ClN3O2S. The number of hydrogen-bond donors (Lipinski definition) is 1. The number of halogens is 1. The highest BCUT2D eigenvalue weighted by Crippen LogP contribution is 2.25. The molecule has 3 aromatic rings. The van der Waals surface area contributed by atoms with E-state index in [-0.39, 0.29) is 12.5 Å². The molecule has 5 nitrogen and oxygen atoms in total. The van der Waals surface area contributed by atoms with Crippen LogP contribution in [-0.4, -0.2) is 29.6 Å². The van der Waals surface area contributed by atoms with Gasteiger partial charge in [0.25, 0.3) is 0 Å². The summed E-state index contributed by atoms with van der Waals surface area (Å²) in [4.78, 5) is 15.0. The van der Waals surface area contributed by atoms with E-state index in [4.69, 9.17) is 16.1 Å². The van der Waals surface area contributed by atoms with Gasteiger partial charge < -0.3 is 9.84 Å². The molecule has 0 atom stereocenters. The zero-order valence-corrected chi connectivity index (χ0v) is 14.6. The van der Waals surface area contributed by atoms with Crippen molar-refractivity contribution in [2.24, 2.45) is 0 Å². The second kappa shape index (κ2) is 7.61. The third-order valence-corrected chi connectivity index (χ3v) is 4.43. The summed E-state index contributed by atoms with van der Waals surface area (Å²) in [5.74, 6) is 0.654. The zero-order chi connectivity index (χ0) is 16.9. The Balaban J connectivity index is 1.52. The Morgan fingerprint density at radius 2 is 2.12 bits per heavy atom. The molecule has 0 saturated carbocycles. The summed E-state index contributed by atoms with van der Waals surface area (Å²) in [7, 11) is 1.86. The van der Waals surface area contributed by atoms with Crippen molar-refractivity contribution in [2.75, 3.05) is 18.9 Å². The maximum absolute atomic E-state index is 12.1. The second-order valence-corrected chi connectivity index (χ2v) is 6.77. The molecule has 2 aromatic heterocycles. The molecule has 3 rings (SSSR count). The number of carbonyl (C=O) groups is 1. The van der Waals surface area contributed by atoms with Gasteiger partial charge in [0.15, 0.2) is 5.76 Å². The van der Waals surface area contributed by atoms with Crippen LogP contribution in [0.15, 0.2) is 52.4 Å². The SMILES string of the molecule is CN(CC(=O)Nc1ccc(Cl)cc1)Cc1cc(-c2cccs2)on1. The van der Waals surface area contributed by atoms with Gasteiger partial charge in [0.2, 0.25) is 5.91 Å². The number of anilines is 1. The lowest BCUT2D eigenvalue weighted by molar-refractivity contribution is -0.117. The summed E-state index contributed by atoms with van der Waals surface area (Å²) in [5.41, 5.74) is 1.51. The van der Waals surface area contributed by atoms with E-state index in [1.807, 2.05) is 35.5 Å². The third kappa shape index (κ3) is 4.44. The Kier molecular flexibility index (Phi) is 5.30. The van der Waals surface area contributed by atoms with Crippen LogP contribution in [0, 0.1) is 0 Å². The molecule has 0 unspecified atom stereocenters. The van der Waals surface area contributed by atoms with Crippen LogP contribution in [0.3, 0.4) is 0 Å². The average Bonchev–Trinajstić information content (AvgIpc) is 3.20. The molecule has 7 heteroatoms. The molecule has 24 heavy (non-hydrogen) atoms. The first kappa shape index (κ1) is 16.7. The minimum Gasteiger partial charge on any atom is -0.355 e. The third-order valence-electron chi connectivity index (χ3n) is 3.30. The van der Waals surface area contributed by atoms with Gasteiger partial charge in [-0.1, -0.05) is 22.8 Å². The van der Waals surface area contributed by atoms with E-state index in [0.717, 1.165) is 22.0 Å². The molecule has 0 bridgehead atoms. The van der Waals surface area contributed by atoms with E-state index in [1.165, 1.54) is 0 Å². The minimum absolute atomic E-state index is 0.0956. The van der Waals surface area contributed by atoms with Gasteiger partial charge in [0, 0.05) is 23.3 Å². The Morgan fingerprint density at radius 1 is 1.33 bits per heavy atom. The fraction of sp³-hybridized carbons (Fsp3) is 0.176. The fourth-order valence-corrected chi connectivity index (χ4v) is 3.03. The van der Waals surface area contributed by atoms with Gasteiger partial charge in [-0.15, -0.1) is 11.3 Å². The van der Waals surface area contributed by atoms with Gasteiger partial charge in [-0.2, -0.15) is 0 Å². The summed E-state index contributed by atoms with van der Waals surface area (Å²) < 4.78 is 5.34. The van der Waals surface area contributed by atoms with Gasteiger partial charge in [0.1, 0.15) is 0 Å². The van der Waals surface area contributed by atoms with Crippen molar-refractivity contribution < 1.29 is 9.32 Å². The zero-order valence-electron chi connectivity index (χ0n) is 13.0. The fourth-order valence-electron chi connectivity index (χ4n) is 2.23. The van der Waals surface area contributed by atoms with Crippen molar-refractivity contribution >= 4 is 34.5 Å².